The highest BCUT2D eigenvalue weighted by molar-refractivity contribution is 7.15. The molecule has 2 amide bonds. The molecule has 3 aromatic rings. The van der Waals surface area contributed by atoms with Crippen LogP contribution in [-0.2, 0) is 16.0 Å². The van der Waals surface area contributed by atoms with Crippen LogP contribution in [0.25, 0.3) is 6.08 Å². The van der Waals surface area contributed by atoms with Crippen molar-refractivity contribution in [3.8, 4) is 0 Å². The third-order valence-corrected chi connectivity index (χ3v) is 5.34. The zero-order valence-corrected chi connectivity index (χ0v) is 16.7. The number of para-hydroxylation sites is 1. The molecule has 0 aliphatic rings. The first kappa shape index (κ1) is 19.8. The average Bonchev–Trinajstić information content (AvgIpc) is 3.31. The summed E-state index contributed by atoms with van der Waals surface area (Å²) >= 11 is 2.49. The standard InChI is InChI=1S/C18H16FN5O2S2/c1-3-16-22-23-17(28-16)21-15(26)9-8-12-10-27-18(20-12)24(11(2)25)14-7-5-4-6-13(14)19/h4-10H,3H2,1-2H3,(H,21,23,26)/b9-8+. The molecule has 0 spiro atoms. The van der Waals surface area contributed by atoms with Gasteiger partial charge in [0.05, 0.1) is 11.4 Å². The first-order valence-electron chi connectivity index (χ1n) is 8.30. The summed E-state index contributed by atoms with van der Waals surface area (Å²) in [6, 6.07) is 5.98. The van der Waals surface area contributed by atoms with E-state index in [2.05, 4.69) is 20.5 Å². The number of nitrogens with zero attached hydrogens (tertiary/aromatic N) is 4. The van der Waals surface area contributed by atoms with Gasteiger partial charge in [-0.3, -0.25) is 19.8 Å². The van der Waals surface area contributed by atoms with Crippen LogP contribution in [0.15, 0.2) is 35.7 Å². The minimum absolute atomic E-state index is 0.126. The number of halogens is 1. The molecule has 0 fully saturated rings. The lowest BCUT2D eigenvalue weighted by molar-refractivity contribution is -0.116. The van der Waals surface area contributed by atoms with Gasteiger partial charge in [0, 0.05) is 18.4 Å². The van der Waals surface area contributed by atoms with E-state index in [0.29, 0.717) is 16.0 Å². The number of rotatable bonds is 6. The molecule has 1 aromatic carbocycles. The van der Waals surface area contributed by atoms with Crippen LogP contribution in [0.1, 0.15) is 24.5 Å². The molecule has 144 valence electrons. The second kappa shape index (κ2) is 8.81. The summed E-state index contributed by atoms with van der Waals surface area (Å²) in [5.41, 5.74) is 0.602. The normalized spacial score (nSPS) is 11.0. The van der Waals surface area contributed by atoms with E-state index in [0.717, 1.165) is 11.4 Å². The molecule has 0 unspecified atom stereocenters. The van der Waals surface area contributed by atoms with Crippen LogP contribution < -0.4 is 10.2 Å². The summed E-state index contributed by atoms with van der Waals surface area (Å²) in [5, 5.41) is 13.7. The summed E-state index contributed by atoms with van der Waals surface area (Å²) in [6.45, 7) is 3.29. The van der Waals surface area contributed by atoms with Crippen LogP contribution in [0.5, 0.6) is 0 Å². The number of aromatic nitrogens is 3. The first-order valence-corrected chi connectivity index (χ1v) is 9.99. The van der Waals surface area contributed by atoms with E-state index in [1.807, 2.05) is 6.92 Å². The van der Waals surface area contributed by atoms with Gasteiger partial charge in [0.15, 0.2) is 5.13 Å². The van der Waals surface area contributed by atoms with E-state index < -0.39 is 5.82 Å². The highest BCUT2D eigenvalue weighted by Gasteiger charge is 2.20. The number of hydrogen-bond acceptors (Lipinski definition) is 7. The molecule has 10 heteroatoms. The number of carbonyl (C=O) groups is 2. The second-order valence-corrected chi connectivity index (χ2v) is 7.44. The Balaban J connectivity index is 1.73. The summed E-state index contributed by atoms with van der Waals surface area (Å²) in [7, 11) is 0. The average molecular weight is 417 g/mol. The molecule has 2 aromatic heterocycles. The SMILES string of the molecule is CCc1nnc(NC(=O)/C=C/c2csc(N(C(C)=O)c3ccccc3F)n2)s1. The van der Waals surface area contributed by atoms with Crippen molar-refractivity contribution in [2.75, 3.05) is 10.2 Å². The van der Waals surface area contributed by atoms with Crippen LogP contribution >= 0.6 is 22.7 Å². The van der Waals surface area contributed by atoms with Crippen molar-refractivity contribution in [2.45, 2.75) is 20.3 Å². The van der Waals surface area contributed by atoms with E-state index >= 15 is 0 Å². The maximum atomic E-state index is 14.1. The summed E-state index contributed by atoms with van der Waals surface area (Å²) < 4.78 is 14.1. The molecule has 0 radical (unpaired) electrons. The summed E-state index contributed by atoms with van der Waals surface area (Å²) in [6.07, 6.45) is 3.57. The number of aryl methyl sites for hydroxylation is 1. The number of anilines is 3. The topological polar surface area (TPSA) is 88.1 Å². The van der Waals surface area contributed by atoms with Gasteiger partial charge >= 0.3 is 0 Å². The predicted molar refractivity (Wildman–Crippen MR) is 108 cm³/mol. The molecule has 0 saturated carbocycles. The zero-order chi connectivity index (χ0) is 20.1. The van der Waals surface area contributed by atoms with Crippen molar-refractivity contribution >= 4 is 56.5 Å². The van der Waals surface area contributed by atoms with Gasteiger partial charge in [-0.25, -0.2) is 9.37 Å². The van der Waals surface area contributed by atoms with Crippen LogP contribution in [0, 0.1) is 5.82 Å². The number of nitrogens with one attached hydrogen (secondary N) is 1. The number of carbonyl (C=O) groups excluding carboxylic acids is 2. The molecule has 1 N–H and O–H groups in total. The summed E-state index contributed by atoms with van der Waals surface area (Å²) in [4.78, 5) is 29.5. The van der Waals surface area contributed by atoms with Crippen LogP contribution in [0.3, 0.4) is 0 Å². The lowest BCUT2D eigenvalue weighted by Crippen LogP contribution is -2.23. The minimum Gasteiger partial charge on any atom is -0.297 e. The van der Waals surface area contributed by atoms with Crippen LogP contribution in [-0.4, -0.2) is 27.0 Å². The quantitative estimate of drug-likeness (QED) is 0.612. The van der Waals surface area contributed by atoms with Gasteiger partial charge in [0.2, 0.25) is 16.9 Å². The van der Waals surface area contributed by atoms with Crippen molar-refractivity contribution in [2.24, 2.45) is 0 Å². The van der Waals surface area contributed by atoms with Crippen molar-refractivity contribution < 1.29 is 14.0 Å². The van der Waals surface area contributed by atoms with Gasteiger partial charge in [-0.15, -0.1) is 21.5 Å². The van der Waals surface area contributed by atoms with Gasteiger partial charge in [-0.1, -0.05) is 30.4 Å². The lowest BCUT2D eigenvalue weighted by atomic mass is 10.3. The molecule has 3 rings (SSSR count). The molecule has 0 saturated heterocycles. The Morgan fingerprint density at radius 1 is 1.29 bits per heavy atom. The number of hydrogen-bond donors (Lipinski definition) is 1. The van der Waals surface area contributed by atoms with Crippen molar-refractivity contribution in [3.63, 3.8) is 0 Å². The highest BCUT2D eigenvalue weighted by Crippen LogP contribution is 2.31. The van der Waals surface area contributed by atoms with Gasteiger partial charge < -0.3 is 0 Å². The molecule has 28 heavy (non-hydrogen) atoms. The van der Waals surface area contributed by atoms with E-state index in [4.69, 9.17) is 0 Å². The first-order chi connectivity index (χ1) is 13.5. The molecule has 0 atom stereocenters. The van der Waals surface area contributed by atoms with E-state index in [1.165, 1.54) is 58.8 Å². The fourth-order valence-corrected chi connectivity index (χ4v) is 3.78. The van der Waals surface area contributed by atoms with E-state index in [9.17, 15) is 14.0 Å². The van der Waals surface area contributed by atoms with E-state index in [-0.39, 0.29) is 17.5 Å². The molecule has 0 bridgehead atoms. The van der Waals surface area contributed by atoms with Gasteiger partial charge in [-0.05, 0) is 24.6 Å². The number of amides is 2. The monoisotopic (exact) mass is 417 g/mol. The molecule has 0 aliphatic carbocycles. The van der Waals surface area contributed by atoms with Gasteiger partial charge in [0.1, 0.15) is 10.8 Å². The fourth-order valence-electron chi connectivity index (χ4n) is 2.25. The predicted octanol–water partition coefficient (Wildman–Crippen LogP) is 4.03. The lowest BCUT2D eigenvalue weighted by Gasteiger charge is -2.18. The maximum Gasteiger partial charge on any atom is 0.250 e. The van der Waals surface area contributed by atoms with Crippen molar-refractivity contribution in [1.29, 1.82) is 0 Å². The van der Waals surface area contributed by atoms with Crippen molar-refractivity contribution in [3.05, 3.63) is 52.2 Å². The van der Waals surface area contributed by atoms with Gasteiger partial charge in [0.25, 0.3) is 0 Å². The Kier molecular flexibility index (Phi) is 6.22. The van der Waals surface area contributed by atoms with Crippen LogP contribution in [0.2, 0.25) is 0 Å². The second-order valence-electron chi connectivity index (χ2n) is 5.54. The third-order valence-electron chi connectivity index (χ3n) is 3.51. The summed E-state index contributed by atoms with van der Waals surface area (Å²) in [5.74, 6) is -1.26. The molecular formula is C18H16FN5O2S2. The van der Waals surface area contributed by atoms with Gasteiger partial charge in [-0.2, -0.15) is 0 Å². The van der Waals surface area contributed by atoms with Crippen molar-refractivity contribution in [1.82, 2.24) is 15.2 Å². The molecule has 0 aliphatic heterocycles. The molecular weight excluding hydrogens is 401 g/mol. The smallest absolute Gasteiger partial charge is 0.250 e. The third kappa shape index (κ3) is 4.65. The Bertz CT molecular complexity index is 1030. The zero-order valence-electron chi connectivity index (χ0n) is 15.0. The Morgan fingerprint density at radius 2 is 2.07 bits per heavy atom. The Labute approximate surface area is 168 Å². The van der Waals surface area contributed by atoms with Crippen LogP contribution in [0.4, 0.5) is 20.3 Å². The molecule has 2 heterocycles. The fraction of sp³-hybridized carbons (Fsp3) is 0.167. The Hall–Kier alpha value is -2.98. The largest absolute Gasteiger partial charge is 0.297 e. The molecule has 7 nitrogen and oxygen atoms in total. The Morgan fingerprint density at radius 3 is 2.75 bits per heavy atom. The maximum absolute atomic E-state index is 14.1. The van der Waals surface area contributed by atoms with E-state index in [1.54, 1.807) is 17.5 Å². The number of benzene rings is 1. The highest BCUT2D eigenvalue weighted by atomic mass is 32.1. The number of thiazole rings is 1. The minimum atomic E-state index is -0.520.